The highest BCUT2D eigenvalue weighted by molar-refractivity contribution is 5.93. The fourth-order valence-corrected chi connectivity index (χ4v) is 1.79. The molecule has 0 aliphatic carbocycles. The number of carbonyl (C=O) groups excluding carboxylic acids is 1. The fourth-order valence-electron chi connectivity index (χ4n) is 1.79. The van der Waals surface area contributed by atoms with Crippen molar-refractivity contribution < 1.29 is 14.7 Å². The van der Waals surface area contributed by atoms with E-state index in [1.54, 1.807) is 25.0 Å². The lowest BCUT2D eigenvalue weighted by Crippen LogP contribution is -2.27. The van der Waals surface area contributed by atoms with E-state index >= 15 is 0 Å². The number of carboxylic acids is 1. The summed E-state index contributed by atoms with van der Waals surface area (Å²) in [6.07, 6.45) is 4.46. The van der Waals surface area contributed by atoms with Crippen LogP contribution in [0.25, 0.3) is 0 Å². The third-order valence-corrected chi connectivity index (χ3v) is 2.85. The molecule has 0 unspecified atom stereocenters. The standard InChI is InChI=1S/C12H15N5O3/c1-15(7-10-3-4-13-16(10)2)12(20)9-5-14-17(6-9)8-11(18)19/h3-6H,7-8H2,1-2H3,(H,18,19). The van der Waals surface area contributed by atoms with Gasteiger partial charge in [0.2, 0.25) is 0 Å². The average molecular weight is 277 g/mol. The molecule has 2 rings (SSSR count). The first-order valence-electron chi connectivity index (χ1n) is 5.94. The number of hydrogen-bond donors (Lipinski definition) is 1. The van der Waals surface area contributed by atoms with Gasteiger partial charge in [0.25, 0.3) is 5.91 Å². The zero-order valence-corrected chi connectivity index (χ0v) is 11.2. The van der Waals surface area contributed by atoms with Gasteiger partial charge in [-0.1, -0.05) is 0 Å². The first-order valence-corrected chi connectivity index (χ1v) is 5.94. The van der Waals surface area contributed by atoms with Crippen LogP contribution in [0.5, 0.6) is 0 Å². The predicted octanol–water partition coefficient (Wildman–Crippen LogP) is -0.0266. The van der Waals surface area contributed by atoms with E-state index in [1.165, 1.54) is 22.0 Å². The minimum absolute atomic E-state index is 0.220. The number of aromatic nitrogens is 4. The monoisotopic (exact) mass is 277 g/mol. The van der Waals surface area contributed by atoms with Crippen molar-refractivity contribution >= 4 is 11.9 Å². The lowest BCUT2D eigenvalue weighted by Gasteiger charge is -2.16. The smallest absolute Gasteiger partial charge is 0.325 e. The van der Waals surface area contributed by atoms with E-state index in [0.717, 1.165) is 5.69 Å². The number of aryl methyl sites for hydroxylation is 1. The molecule has 2 aromatic heterocycles. The number of hydrogen-bond acceptors (Lipinski definition) is 4. The molecule has 2 aromatic rings. The van der Waals surface area contributed by atoms with E-state index in [-0.39, 0.29) is 12.5 Å². The van der Waals surface area contributed by atoms with Gasteiger partial charge in [0.1, 0.15) is 6.54 Å². The van der Waals surface area contributed by atoms with Crippen LogP contribution in [0.15, 0.2) is 24.7 Å². The third kappa shape index (κ3) is 3.02. The molecule has 106 valence electrons. The maximum atomic E-state index is 12.2. The Morgan fingerprint density at radius 3 is 2.75 bits per heavy atom. The minimum Gasteiger partial charge on any atom is -0.480 e. The van der Waals surface area contributed by atoms with E-state index < -0.39 is 5.97 Å². The second kappa shape index (κ2) is 5.55. The Kier molecular flexibility index (Phi) is 3.83. The van der Waals surface area contributed by atoms with Gasteiger partial charge in [-0.3, -0.25) is 19.0 Å². The van der Waals surface area contributed by atoms with Crippen LogP contribution < -0.4 is 0 Å². The number of carbonyl (C=O) groups is 2. The number of amides is 1. The molecule has 0 fully saturated rings. The third-order valence-electron chi connectivity index (χ3n) is 2.85. The maximum Gasteiger partial charge on any atom is 0.325 e. The molecule has 20 heavy (non-hydrogen) atoms. The highest BCUT2D eigenvalue weighted by Crippen LogP contribution is 2.07. The second-order valence-electron chi connectivity index (χ2n) is 4.43. The van der Waals surface area contributed by atoms with Gasteiger partial charge in [-0.05, 0) is 6.07 Å². The summed E-state index contributed by atoms with van der Waals surface area (Å²) >= 11 is 0. The van der Waals surface area contributed by atoms with Gasteiger partial charge in [-0.2, -0.15) is 10.2 Å². The van der Waals surface area contributed by atoms with Crippen LogP contribution in [-0.4, -0.2) is 48.5 Å². The van der Waals surface area contributed by atoms with Gasteiger partial charge in [-0.25, -0.2) is 0 Å². The Labute approximate surface area is 115 Å². The van der Waals surface area contributed by atoms with Crippen molar-refractivity contribution in [3.8, 4) is 0 Å². The Morgan fingerprint density at radius 1 is 1.40 bits per heavy atom. The lowest BCUT2D eigenvalue weighted by atomic mass is 10.3. The van der Waals surface area contributed by atoms with Crippen LogP contribution in [0.4, 0.5) is 0 Å². The van der Waals surface area contributed by atoms with E-state index in [2.05, 4.69) is 10.2 Å². The molecule has 0 saturated heterocycles. The van der Waals surface area contributed by atoms with Crippen molar-refractivity contribution in [1.82, 2.24) is 24.5 Å². The van der Waals surface area contributed by atoms with Crippen LogP contribution in [0.2, 0.25) is 0 Å². The Hall–Kier alpha value is -2.64. The minimum atomic E-state index is -1.00. The maximum absolute atomic E-state index is 12.2. The normalized spacial score (nSPS) is 10.5. The first-order chi connectivity index (χ1) is 9.47. The molecule has 0 aliphatic rings. The van der Waals surface area contributed by atoms with Crippen molar-refractivity contribution in [1.29, 1.82) is 0 Å². The van der Waals surface area contributed by atoms with Gasteiger partial charge in [-0.15, -0.1) is 0 Å². The number of carboxylic acid groups (broad SMARTS) is 1. The highest BCUT2D eigenvalue weighted by Gasteiger charge is 2.15. The number of rotatable bonds is 5. The van der Waals surface area contributed by atoms with Gasteiger partial charge >= 0.3 is 5.97 Å². The van der Waals surface area contributed by atoms with Gasteiger partial charge in [0.15, 0.2) is 0 Å². The summed E-state index contributed by atoms with van der Waals surface area (Å²) in [4.78, 5) is 24.3. The molecule has 0 spiro atoms. The largest absolute Gasteiger partial charge is 0.480 e. The molecule has 0 bridgehead atoms. The molecule has 8 heteroatoms. The number of aliphatic carboxylic acids is 1. The van der Waals surface area contributed by atoms with Crippen LogP contribution >= 0.6 is 0 Å². The van der Waals surface area contributed by atoms with Crippen molar-refractivity contribution in [3.05, 3.63) is 35.9 Å². The molecule has 0 saturated carbocycles. The summed E-state index contributed by atoms with van der Waals surface area (Å²) in [5, 5.41) is 16.5. The van der Waals surface area contributed by atoms with Crippen molar-refractivity contribution in [2.75, 3.05) is 7.05 Å². The van der Waals surface area contributed by atoms with E-state index in [9.17, 15) is 9.59 Å². The van der Waals surface area contributed by atoms with Crippen LogP contribution in [0, 0.1) is 0 Å². The molecule has 1 N–H and O–H groups in total. The molecule has 0 aromatic carbocycles. The van der Waals surface area contributed by atoms with E-state index in [1.807, 2.05) is 6.07 Å². The predicted molar refractivity (Wildman–Crippen MR) is 68.9 cm³/mol. The molecule has 8 nitrogen and oxygen atoms in total. The molecule has 0 atom stereocenters. The van der Waals surface area contributed by atoms with Gasteiger partial charge < -0.3 is 10.0 Å². The van der Waals surface area contributed by atoms with Gasteiger partial charge in [0, 0.05) is 26.5 Å². The highest BCUT2D eigenvalue weighted by atomic mass is 16.4. The summed E-state index contributed by atoms with van der Waals surface area (Å²) in [5.41, 5.74) is 1.26. The van der Waals surface area contributed by atoms with Crippen molar-refractivity contribution in [2.45, 2.75) is 13.1 Å². The molecular weight excluding hydrogens is 262 g/mol. The Bertz CT molecular complexity index is 631. The van der Waals surface area contributed by atoms with E-state index in [4.69, 9.17) is 5.11 Å². The second-order valence-corrected chi connectivity index (χ2v) is 4.43. The Morgan fingerprint density at radius 2 is 2.15 bits per heavy atom. The summed E-state index contributed by atoms with van der Waals surface area (Å²) < 4.78 is 2.91. The van der Waals surface area contributed by atoms with Crippen LogP contribution in [0.1, 0.15) is 16.1 Å². The molecular formula is C12H15N5O3. The fraction of sp³-hybridized carbons (Fsp3) is 0.333. The lowest BCUT2D eigenvalue weighted by molar-refractivity contribution is -0.137. The molecule has 0 radical (unpaired) electrons. The summed E-state index contributed by atoms with van der Waals surface area (Å²) in [6, 6.07) is 1.83. The Balaban J connectivity index is 2.05. The SMILES string of the molecule is CN(Cc1ccnn1C)C(=O)c1cnn(CC(=O)O)c1. The average Bonchev–Trinajstić information content (AvgIpc) is 2.98. The van der Waals surface area contributed by atoms with Crippen LogP contribution in [0.3, 0.4) is 0 Å². The summed E-state index contributed by atoms with van der Waals surface area (Å²) in [6.45, 7) is 0.151. The zero-order valence-electron chi connectivity index (χ0n) is 11.2. The van der Waals surface area contributed by atoms with Crippen molar-refractivity contribution in [2.24, 2.45) is 7.05 Å². The molecule has 2 heterocycles. The summed E-state index contributed by atoms with van der Waals surface area (Å²) in [7, 11) is 3.47. The first kappa shape index (κ1) is 13.8. The topological polar surface area (TPSA) is 93.3 Å². The van der Waals surface area contributed by atoms with Gasteiger partial charge in [0.05, 0.1) is 24.0 Å². The summed E-state index contributed by atoms with van der Waals surface area (Å²) in [5.74, 6) is -1.22. The number of nitrogens with zero attached hydrogens (tertiary/aromatic N) is 5. The van der Waals surface area contributed by atoms with Crippen molar-refractivity contribution in [3.63, 3.8) is 0 Å². The zero-order chi connectivity index (χ0) is 14.7. The molecule has 1 amide bonds. The van der Waals surface area contributed by atoms with Crippen LogP contribution in [-0.2, 0) is 24.9 Å². The molecule has 0 aliphatic heterocycles. The quantitative estimate of drug-likeness (QED) is 0.828. The van der Waals surface area contributed by atoms with E-state index in [0.29, 0.717) is 12.1 Å².